The molecule has 0 radical (unpaired) electrons. The molecule has 1 aliphatic heterocycles. The first-order valence-electron chi connectivity index (χ1n) is 9.33. The van der Waals surface area contributed by atoms with Gasteiger partial charge in [0.2, 0.25) is 0 Å². The van der Waals surface area contributed by atoms with Gasteiger partial charge in [-0.15, -0.1) is 0 Å². The Balaban J connectivity index is 1.64. The van der Waals surface area contributed by atoms with E-state index < -0.39 is 0 Å². The summed E-state index contributed by atoms with van der Waals surface area (Å²) in [6.45, 7) is 9.95. The molecule has 1 saturated heterocycles. The summed E-state index contributed by atoms with van der Waals surface area (Å²) in [6.07, 6.45) is 3.41. The lowest BCUT2D eigenvalue weighted by Crippen LogP contribution is -2.45. The first kappa shape index (κ1) is 19.7. The van der Waals surface area contributed by atoms with Crippen LogP contribution in [0.1, 0.15) is 36.5 Å². The van der Waals surface area contributed by atoms with E-state index in [0.717, 1.165) is 38.9 Å². The molecule has 1 aromatic carbocycles. The molecule has 0 aromatic heterocycles. The number of aryl methyl sites for hydroxylation is 2. The van der Waals surface area contributed by atoms with E-state index in [1.807, 2.05) is 0 Å². The third kappa shape index (κ3) is 6.67. The van der Waals surface area contributed by atoms with E-state index in [0.29, 0.717) is 12.6 Å². The Hall–Kier alpha value is -1.59. The highest BCUT2D eigenvalue weighted by Gasteiger charge is 2.18. The highest BCUT2D eigenvalue weighted by atomic mass is 16.5. The summed E-state index contributed by atoms with van der Waals surface area (Å²) >= 11 is 0. The van der Waals surface area contributed by atoms with E-state index in [4.69, 9.17) is 4.74 Å². The van der Waals surface area contributed by atoms with Crippen LogP contribution in [0.4, 0.5) is 4.79 Å². The number of benzene rings is 1. The van der Waals surface area contributed by atoms with Gasteiger partial charge in [0.05, 0.1) is 6.10 Å². The molecule has 0 spiro atoms. The van der Waals surface area contributed by atoms with Gasteiger partial charge in [-0.2, -0.15) is 0 Å². The van der Waals surface area contributed by atoms with E-state index >= 15 is 0 Å². The van der Waals surface area contributed by atoms with E-state index in [1.165, 1.54) is 16.7 Å². The molecule has 25 heavy (non-hydrogen) atoms. The number of amides is 2. The van der Waals surface area contributed by atoms with Crippen LogP contribution < -0.4 is 10.6 Å². The van der Waals surface area contributed by atoms with Crippen molar-refractivity contribution in [3.63, 3.8) is 0 Å². The molecular weight excluding hydrogens is 314 g/mol. The molecule has 2 rings (SSSR count). The number of methoxy groups -OCH3 is 1. The zero-order valence-corrected chi connectivity index (χ0v) is 16.1. The number of likely N-dealkylation sites (tertiary alicyclic amines) is 1. The van der Waals surface area contributed by atoms with E-state index in [2.05, 4.69) is 54.5 Å². The molecular formula is C20H33N3O2. The fraction of sp³-hybridized carbons (Fsp3) is 0.650. The highest BCUT2D eigenvalue weighted by molar-refractivity contribution is 5.74. The molecule has 1 aliphatic rings. The highest BCUT2D eigenvalue weighted by Crippen LogP contribution is 2.13. The van der Waals surface area contributed by atoms with Gasteiger partial charge in [0.25, 0.3) is 0 Å². The van der Waals surface area contributed by atoms with Crippen LogP contribution in [0.2, 0.25) is 0 Å². The monoisotopic (exact) mass is 347 g/mol. The van der Waals surface area contributed by atoms with Crippen LogP contribution >= 0.6 is 0 Å². The van der Waals surface area contributed by atoms with Crippen molar-refractivity contribution in [3.8, 4) is 0 Å². The SMILES string of the molecule is COC1CCN(CCNC(=O)NC(C)Cc2ccc(C)cc2C)CC1. The lowest BCUT2D eigenvalue weighted by Gasteiger charge is -2.31. The molecule has 5 nitrogen and oxygen atoms in total. The average Bonchev–Trinajstić information content (AvgIpc) is 2.58. The molecule has 5 heteroatoms. The molecule has 1 aromatic rings. The van der Waals surface area contributed by atoms with E-state index in [9.17, 15) is 4.79 Å². The van der Waals surface area contributed by atoms with Gasteiger partial charge < -0.3 is 20.3 Å². The number of carbonyl (C=O) groups is 1. The Kier molecular flexibility index (Phi) is 7.72. The van der Waals surface area contributed by atoms with E-state index in [1.54, 1.807) is 7.11 Å². The summed E-state index contributed by atoms with van der Waals surface area (Å²) in [4.78, 5) is 14.4. The molecule has 0 aliphatic carbocycles. The number of carbonyl (C=O) groups excluding carboxylic acids is 1. The second kappa shape index (κ2) is 9.78. The van der Waals surface area contributed by atoms with Crippen molar-refractivity contribution in [1.82, 2.24) is 15.5 Å². The van der Waals surface area contributed by atoms with Gasteiger partial charge in [0.15, 0.2) is 0 Å². The lowest BCUT2D eigenvalue weighted by molar-refractivity contribution is 0.0416. The van der Waals surface area contributed by atoms with Gasteiger partial charge in [-0.25, -0.2) is 4.79 Å². The van der Waals surface area contributed by atoms with Gasteiger partial charge in [-0.1, -0.05) is 23.8 Å². The number of rotatable bonds is 7. The van der Waals surface area contributed by atoms with Gasteiger partial charge in [-0.3, -0.25) is 0 Å². The third-order valence-corrected chi connectivity index (χ3v) is 4.98. The Morgan fingerprint density at radius 1 is 1.32 bits per heavy atom. The minimum atomic E-state index is -0.0796. The lowest BCUT2D eigenvalue weighted by atomic mass is 10.00. The summed E-state index contributed by atoms with van der Waals surface area (Å²) in [5.74, 6) is 0. The van der Waals surface area contributed by atoms with Crippen molar-refractivity contribution in [2.24, 2.45) is 0 Å². The Morgan fingerprint density at radius 3 is 2.68 bits per heavy atom. The fourth-order valence-corrected chi connectivity index (χ4v) is 3.43. The molecule has 2 N–H and O–H groups in total. The van der Waals surface area contributed by atoms with Crippen LogP contribution in [0.5, 0.6) is 0 Å². The summed E-state index contributed by atoms with van der Waals surface area (Å²) in [5, 5.41) is 6.01. The Bertz CT molecular complexity index is 554. The minimum absolute atomic E-state index is 0.0796. The molecule has 1 unspecified atom stereocenters. The van der Waals surface area contributed by atoms with Crippen molar-refractivity contribution >= 4 is 6.03 Å². The number of urea groups is 1. The maximum Gasteiger partial charge on any atom is 0.315 e. The van der Waals surface area contributed by atoms with Crippen molar-refractivity contribution < 1.29 is 9.53 Å². The largest absolute Gasteiger partial charge is 0.381 e. The first-order valence-corrected chi connectivity index (χ1v) is 9.33. The van der Waals surface area contributed by atoms with Crippen molar-refractivity contribution in [2.75, 3.05) is 33.3 Å². The number of hydrogen-bond donors (Lipinski definition) is 2. The molecule has 1 atom stereocenters. The predicted molar refractivity (Wildman–Crippen MR) is 102 cm³/mol. The van der Waals surface area contributed by atoms with Crippen molar-refractivity contribution in [2.45, 2.75) is 52.2 Å². The topological polar surface area (TPSA) is 53.6 Å². The Morgan fingerprint density at radius 2 is 2.04 bits per heavy atom. The number of nitrogens with zero attached hydrogens (tertiary/aromatic N) is 1. The van der Waals surface area contributed by atoms with Gasteiger partial charge in [0.1, 0.15) is 0 Å². The number of nitrogens with one attached hydrogen (secondary N) is 2. The quantitative estimate of drug-likeness (QED) is 0.797. The second-order valence-corrected chi connectivity index (χ2v) is 7.21. The van der Waals surface area contributed by atoms with Crippen molar-refractivity contribution in [3.05, 3.63) is 34.9 Å². The van der Waals surface area contributed by atoms with Gasteiger partial charge in [-0.05, 0) is 51.2 Å². The fourth-order valence-electron chi connectivity index (χ4n) is 3.43. The molecule has 1 heterocycles. The van der Waals surface area contributed by atoms with E-state index in [-0.39, 0.29) is 12.1 Å². The standard InChI is InChI=1S/C20H33N3O2/c1-15-5-6-18(16(2)13-15)14-17(3)22-20(24)21-9-12-23-10-7-19(25-4)8-11-23/h5-6,13,17,19H,7-12,14H2,1-4H3,(H2,21,22,24). The summed E-state index contributed by atoms with van der Waals surface area (Å²) < 4.78 is 5.38. The predicted octanol–water partition coefficient (Wildman–Crippen LogP) is 2.64. The van der Waals surface area contributed by atoms with Crippen LogP contribution in [-0.4, -0.2) is 56.4 Å². The first-order chi connectivity index (χ1) is 12.0. The molecule has 0 saturated carbocycles. The van der Waals surface area contributed by atoms with Crippen LogP contribution in [0.3, 0.4) is 0 Å². The molecule has 140 valence electrons. The van der Waals surface area contributed by atoms with Gasteiger partial charge >= 0.3 is 6.03 Å². The second-order valence-electron chi connectivity index (χ2n) is 7.21. The third-order valence-electron chi connectivity index (χ3n) is 4.98. The molecule has 0 bridgehead atoms. The maximum atomic E-state index is 12.1. The summed E-state index contributed by atoms with van der Waals surface area (Å²) in [7, 11) is 1.78. The maximum absolute atomic E-state index is 12.1. The summed E-state index contributed by atoms with van der Waals surface area (Å²) in [6, 6.07) is 6.50. The number of piperidine rings is 1. The van der Waals surface area contributed by atoms with Gasteiger partial charge in [0, 0.05) is 39.3 Å². The van der Waals surface area contributed by atoms with Crippen molar-refractivity contribution in [1.29, 1.82) is 0 Å². The normalized spacial score (nSPS) is 17.3. The summed E-state index contributed by atoms with van der Waals surface area (Å²) in [5.41, 5.74) is 3.85. The van der Waals surface area contributed by atoms with Crippen LogP contribution in [0.15, 0.2) is 18.2 Å². The van der Waals surface area contributed by atoms with Crippen LogP contribution in [-0.2, 0) is 11.2 Å². The number of hydrogen-bond acceptors (Lipinski definition) is 3. The zero-order chi connectivity index (χ0) is 18.2. The molecule has 1 fully saturated rings. The van der Waals surface area contributed by atoms with Crippen LogP contribution in [0, 0.1) is 13.8 Å². The van der Waals surface area contributed by atoms with Crippen LogP contribution in [0.25, 0.3) is 0 Å². The molecule has 2 amide bonds. The Labute approximate surface area is 152 Å². The average molecular weight is 348 g/mol. The number of ether oxygens (including phenoxy) is 1. The minimum Gasteiger partial charge on any atom is -0.381 e. The zero-order valence-electron chi connectivity index (χ0n) is 16.1. The smallest absolute Gasteiger partial charge is 0.315 e.